The average molecular weight is 414 g/mol. The van der Waals surface area contributed by atoms with E-state index in [-0.39, 0.29) is 12.8 Å². The molecule has 1 aromatic rings. The molecule has 1 aromatic heterocycles. The zero-order valence-corrected chi connectivity index (χ0v) is 16.5. The Kier molecular flexibility index (Phi) is 10.0. The summed E-state index contributed by atoms with van der Waals surface area (Å²) in [4.78, 5) is 53.7. The van der Waals surface area contributed by atoms with Gasteiger partial charge in [0.15, 0.2) is 0 Å². The summed E-state index contributed by atoms with van der Waals surface area (Å²) in [5.74, 6) is -2.30. The van der Waals surface area contributed by atoms with Crippen molar-refractivity contribution < 1.29 is 24.3 Å². The molecule has 28 heavy (non-hydrogen) atoms. The number of H-pyrrole nitrogens is 1. The number of aromatic nitrogens is 2. The SMILES string of the molecule is CSCCC(NC(=O)CNC(=O)C(C)NC(=O)C(N)Cc1cnc[nH]1)C(=O)O. The van der Waals surface area contributed by atoms with Crippen LogP contribution in [-0.4, -0.2) is 75.4 Å². The summed E-state index contributed by atoms with van der Waals surface area (Å²) in [5.41, 5.74) is 6.48. The number of amides is 3. The van der Waals surface area contributed by atoms with E-state index in [2.05, 4.69) is 25.9 Å². The van der Waals surface area contributed by atoms with E-state index in [9.17, 15) is 19.2 Å². The van der Waals surface area contributed by atoms with Crippen molar-refractivity contribution in [3.63, 3.8) is 0 Å². The highest BCUT2D eigenvalue weighted by Gasteiger charge is 2.22. The molecular formula is C16H26N6O5S. The molecule has 3 amide bonds. The summed E-state index contributed by atoms with van der Waals surface area (Å²) in [7, 11) is 0. The zero-order valence-electron chi connectivity index (χ0n) is 15.7. The molecule has 1 rings (SSSR count). The number of hydrogen-bond acceptors (Lipinski definition) is 7. The third kappa shape index (κ3) is 8.39. The van der Waals surface area contributed by atoms with E-state index in [4.69, 9.17) is 10.8 Å². The van der Waals surface area contributed by atoms with Crippen molar-refractivity contribution in [3.8, 4) is 0 Å². The van der Waals surface area contributed by atoms with E-state index in [1.165, 1.54) is 25.0 Å². The number of aliphatic carboxylic acids is 1. The molecule has 0 aliphatic carbocycles. The fourth-order valence-electron chi connectivity index (χ4n) is 2.17. The van der Waals surface area contributed by atoms with Gasteiger partial charge in [0, 0.05) is 18.3 Å². The van der Waals surface area contributed by atoms with Crippen molar-refractivity contribution in [2.24, 2.45) is 5.73 Å². The number of nitrogens with zero attached hydrogens (tertiary/aromatic N) is 1. The van der Waals surface area contributed by atoms with Gasteiger partial charge in [-0.25, -0.2) is 9.78 Å². The Morgan fingerprint density at radius 2 is 2.00 bits per heavy atom. The normalized spacial score (nSPS) is 13.8. The van der Waals surface area contributed by atoms with Gasteiger partial charge >= 0.3 is 5.97 Å². The molecule has 0 radical (unpaired) electrons. The number of aromatic amines is 1. The third-order valence-corrected chi connectivity index (χ3v) is 4.39. The molecule has 0 aromatic carbocycles. The monoisotopic (exact) mass is 414 g/mol. The Bertz CT molecular complexity index is 668. The highest BCUT2D eigenvalue weighted by atomic mass is 32.2. The van der Waals surface area contributed by atoms with Gasteiger partial charge in [-0.2, -0.15) is 11.8 Å². The van der Waals surface area contributed by atoms with Crippen LogP contribution in [0.3, 0.4) is 0 Å². The van der Waals surface area contributed by atoms with Gasteiger partial charge in [-0.1, -0.05) is 0 Å². The minimum Gasteiger partial charge on any atom is -0.480 e. The summed E-state index contributed by atoms with van der Waals surface area (Å²) in [5, 5.41) is 16.2. The van der Waals surface area contributed by atoms with Crippen LogP contribution in [0.25, 0.3) is 0 Å². The first-order chi connectivity index (χ1) is 13.2. The van der Waals surface area contributed by atoms with Gasteiger partial charge < -0.3 is 31.8 Å². The Balaban J connectivity index is 2.39. The lowest BCUT2D eigenvalue weighted by atomic mass is 10.1. The number of nitrogens with two attached hydrogens (primary N) is 1. The highest BCUT2D eigenvalue weighted by Crippen LogP contribution is 2.01. The number of thioether (sulfide) groups is 1. The molecule has 0 saturated heterocycles. The molecule has 156 valence electrons. The van der Waals surface area contributed by atoms with E-state index < -0.39 is 48.4 Å². The van der Waals surface area contributed by atoms with Crippen molar-refractivity contribution in [1.29, 1.82) is 0 Å². The van der Waals surface area contributed by atoms with Crippen LogP contribution in [0, 0.1) is 0 Å². The average Bonchev–Trinajstić information content (AvgIpc) is 3.15. The van der Waals surface area contributed by atoms with Crippen LogP contribution < -0.4 is 21.7 Å². The Morgan fingerprint density at radius 3 is 2.57 bits per heavy atom. The second kappa shape index (κ2) is 12.0. The molecule has 0 fully saturated rings. The van der Waals surface area contributed by atoms with E-state index >= 15 is 0 Å². The topological polar surface area (TPSA) is 179 Å². The second-order valence-corrected chi connectivity index (χ2v) is 7.06. The maximum absolute atomic E-state index is 12.0. The molecule has 12 heteroatoms. The van der Waals surface area contributed by atoms with Gasteiger partial charge in [0.25, 0.3) is 0 Å². The lowest BCUT2D eigenvalue weighted by Gasteiger charge is -2.18. The Morgan fingerprint density at radius 1 is 1.29 bits per heavy atom. The molecule has 3 unspecified atom stereocenters. The number of carbonyl (C=O) groups is 4. The number of nitrogens with one attached hydrogen (secondary N) is 4. The van der Waals surface area contributed by atoms with Gasteiger partial charge in [-0.15, -0.1) is 0 Å². The maximum Gasteiger partial charge on any atom is 0.326 e. The number of carbonyl (C=O) groups excluding carboxylic acids is 3. The molecule has 0 spiro atoms. The number of carboxylic acid groups (broad SMARTS) is 1. The minimum absolute atomic E-state index is 0.231. The van der Waals surface area contributed by atoms with Crippen LogP contribution in [0.2, 0.25) is 0 Å². The number of imidazole rings is 1. The first-order valence-electron chi connectivity index (χ1n) is 8.56. The van der Waals surface area contributed by atoms with Gasteiger partial charge in [0.2, 0.25) is 17.7 Å². The van der Waals surface area contributed by atoms with Crippen LogP contribution in [0.4, 0.5) is 0 Å². The molecule has 11 nitrogen and oxygen atoms in total. The lowest BCUT2D eigenvalue weighted by molar-refractivity contribution is -0.141. The highest BCUT2D eigenvalue weighted by molar-refractivity contribution is 7.98. The summed E-state index contributed by atoms with van der Waals surface area (Å²) in [6.45, 7) is 1.05. The van der Waals surface area contributed by atoms with Gasteiger partial charge in [0.05, 0.1) is 18.9 Å². The van der Waals surface area contributed by atoms with Crippen molar-refractivity contribution in [1.82, 2.24) is 25.9 Å². The van der Waals surface area contributed by atoms with E-state index in [1.807, 2.05) is 6.26 Å². The number of carboxylic acids is 1. The number of rotatable bonds is 12. The molecule has 0 aliphatic heterocycles. The van der Waals surface area contributed by atoms with Crippen LogP contribution in [0.1, 0.15) is 19.0 Å². The molecular weight excluding hydrogens is 388 g/mol. The lowest BCUT2D eigenvalue weighted by Crippen LogP contribution is -2.52. The molecule has 0 aliphatic rings. The standard InChI is InChI=1S/C16H26N6O5S/c1-9(21-15(25)11(17)5-10-6-18-8-20-10)14(24)19-7-13(23)22-12(16(26)27)3-4-28-2/h6,8-9,11-12H,3-5,7,17H2,1-2H3,(H,18,20)(H,19,24)(H,21,25)(H,22,23)(H,26,27). The zero-order chi connectivity index (χ0) is 21.1. The maximum atomic E-state index is 12.0. The van der Waals surface area contributed by atoms with Gasteiger partial charge in [-0.05, 0) is 25.4 Å². The summed E-state index contributed by atoms with van der Waals surface area (Å²) < 4.78 is 0. The second-order valence-electron chi connectivity index (χ2n) is 6.08. The first kappa shape index (κ1) is 23.4. The van der Waals surface area contributed by atoms with Crippen LogP contribution >= 0.6 is 11.8 Å². The predicted molar refractivity (Wildman–Crippen MR) is 103 cm³/mol. The Hall–Kier alpha value is -2.60. The Labute approximate surface area is 166 Å². The molecule has 1 heterocycles. The molecule has 0 bridgehead atoms. The van der Waals surface area contributed by atoms with Crippen molar-refractivity contribution in [2.45, 2.75) is 37.9 Å². The smallest absolute Gasteiger partial charge is 0.326 e. The van der Waals surface area contributed by atoms with Crippen LogP contribution in [0.15, 0.2) is 12.5 Å². The summed E-state index contributed by atoms with van der Waals surface area (Å²) in [6.07, 6.45) is 5.35. The third-order valence-electron chi connectivity index (χ3n) is 3.75. The van der Waals surface area contributed by atoms with Gasteiger partial charge in [-0.3, -0.25) is 14.4 Å². The van der Waals surface area contributed by atoms with Crippen LogP contribution in [-0.2, 0) is 25.6 Å². The number of hydrogen-bond donors (Lipinski definition) is 6. The predicted octanol–water partition coefficient (Wildman–Crippen LogP) is -1.78. The summed E-state index contributed by atoms with van der Waals surface area (Å²) in [6, 6.07) is -2.80. The van der Waals surface area contributed by atoms with Crippen LogP contribution in [0.5, 0.6) is 0 Å². The van der Waals surface area contributed by atoms with Crippen molar-refractivity contribution in [3.05, 3.63) is 18.2 Å². The fraction of sp³-hybridized carbons (Fsp3) is 0.562. The minimum atomic E-state index is -1.14. The molecule has 0 saturated carbocycles. The van der Waals surface area contributed by atoms with E-state index in [0.29, 0.717) is 11.4 Å². The largest absolute Gasteiger partial charge is 0.480 e. The van der Waals surface area contributed by atoms with Crippen molar-refractivity contribution >= 4 is 35.5 Å². The van der Waals surface area contributed by atoms with Crippen molar-refractivity contribution in [2.75, 3.05) is 18.6 Å². The molecule has 3 atom stereocenters. The van der Waals surface area contributed by atoms with E-state index in [0.717, 1.165) is 0 Å². The van der Waals surface area contributed by atoms with E-state index in [1.54, 1.807) is 6.20 Å². The summed E-state index contributed by atoms with van der Waals surface area (Å²) >= 11 is 1.47. The van der Waals surface area contributed by atoms with Gasteiger partial charge in [0.1, 0.15) is 12.1 Å². The fourth-order valence-corrected chi connectivity index (χ4v) is 2.64. The molecule has 7 N–H and O–H groups in total. The quantitative estimate of drug-likeness (QED) is 0.232. The first-order valence-corrected chi connectivity index (χ1v) is 9.96.